The molecule has 94 valence electrons. The van der Waals surface area contributed by atoms with Crippen LogP contribution in [-0.2, 0) is 0 Å². The van der Waals surface area contributed by atoms with Crippen molar-refractivity contribution in [1.29, 1.82) is 0 Å². The average Bonchev–Trinajstić information content (AvgIpc) is 2.80. The number of carbonyl (C=O) groups excluding carboxylic acids is 1. The van der Waals surface area contributed by atoms with E-state index in [-0.39, 0.29) is 16.9 Å². The first-order valence-corrected chi connectivity index (χ1v) is 5.40. The number of aldehydes is 1. The first-order chi connectivity index (χ1) is 8.52. The minimum Gasteiger partial charge on any atom is -0.447 e. The van der Waals surface area contributed by atoms with E-state index in [4.69, 9.17) is 4.42 Å². The molecule has 2 nitrogen and oxygen atoms in total. The second kappa shape index (κ2) is 4.85. The minimum absolute atomic E-state index is 0.0556. The molecule has 18 heavy (non-hydrogen) atoms. The van der Waals surface area contributed by atoms with Gasteiger partial charge in [0.15, 0.2) is 40.4 Å². The van der Waals surface area contributed by atoms with Crippen molar-refractivity contribution in [3.05, 3.63) is 47.2 Å². The van der Waals surface area contributed by atoms with Gasteiger partial charge in [0.2, 0.25) is 0 Å². The number of rotatable bonds is 3. The van der Waals surface area contributed by atoms with Crippen LogP contribution < -0.4 is 0 Å². The maximum Gasteiger partial charge on any atom is 0.185 e. The van der Waals surface area contributed by atoms with E-state index in [1.807, 2.05) is 0 Å². The highest BCUT2D eigenvalue weighted by Gasteiger charge is 2.21. The molecule has 0 N–H and O–H groups in total. The van der Waals surface area contributed by atoms with Gasteiger partial charge in [0.25, 0.3) is 0 Å². The van der Waals surface area contributed by atoms with Crippen LogP contribution in [-0.4, -0.2) is 6.29 Å². The number of halogens is 4. The Balaban J connectivity index is 2.42. The molecule has 1 aromatic heterocycles. The summed E-state index contributed by atoms with van der Waals surface area (Å²) >= 11 is 0.350. The fourth-order valence-corrected chi connectivity index (χ4v) is 2.04. The van der Waals surface area contributed by atoms with Gasteiger partial charge in [-0.25, -0.2) is 17.6 Å². The van der Waals surface area contributed by atoms with E-state index in [0.29, 0.717) is 18.0 Å². The number of carbonyl (C=O) groups is 1. The van der Waals surface area contributed by atoms with E-state index in [9.17, 15) is 22.4 Å². The number of hydrogen-bond donors (Lipinski definition) is 0. The molecule has 0 radical (unpaired) electrons. The molecule has 0 saturated carbocycles. The van der Waals surface area contributed by atoms with Crippen molar-refractivity contribution in [1.82, 2.24) is 0 Å². The normalized spacial score (nSPS) is 10.7. The zero-order valence-corrected chi connectivity index (χ0v) is 9.36. The predicted octanol–water partition coefficient (Wildman–Crippen LogP) is 3.80. The molecule has 0 atom stereocenters. The summed E-state index contributed by atoms with van der Waals surface area (Å²) in [4.78, 5) is 9.48. The zero-order chi connectivity index (χ0) is 13.3. The first-order valence-electron chi connectivity index (χ1n) is 4.58. The van der Waals surface area contributed by atoms with E-state index in [1.54, 1.807) is 0 Å². The summed E-state index contributed by atoms with van der Waals surface area (Å²) in [6.07, 6.45) is 0.392. The van der Waals surface area contributed by atoms with Crippen LogP contribution in [0.1, 0.15) is 10.6 Å². The molecule has 0 spiro atoms. The van der Waals surface area contributed by atoms with Crippen LogP contribution in [0.5, 0.6) is 0 Å². The Bertz CT molecular complexity index is 583. The highest BCUT2D eigenvalue weighted by atomic mass is 32.2. The molecule has 1 aromatic carbocycles. The molecule has 2 aromatic rings. The number of furan rings is 1. The Kier molecular flexibility index (Phi) is 3.42. The largest absolute Gasteiger partial charge is 0.447 e. The predicted molar refractivity (Wildman–Crippen MR) is 54.5 cm³/mol. The molecular weight excluding hydrogens is 272 g/mol. The van der Waals surface area contributed by atoms with E-state index < -0.39 is 28.2 Å². The monoisotopic (exact) mass is 276 g/mol. The average molecular weight is 276 g/mol. The fourth-order valence-electron chi connectivity index (χ4n) is 1.19. The second-order valence-electron chi connectivity index (χ2n) is 3.17. The maximum absolute atomic E-state index is 13.3. The smallest absolute Gasteiger partial charge is 0.185 e. The standard InChI is InChI=1S/C11H4F4O2S/c12-6-3-7(13)10(15)11(9(6)14)18-8-2-1-5(4-16)17-8/h1-4H. The van der Waals surface area contributed by atoms with Gasteiger partial charge in [-0.1, -0.05) is 0 Å². The van der Waals surface area contributed by atoms with Crippen LogP contribution in [0.4, 0.5) is 17.6 Å². The minimum atomic E-state index is -1.51. The van der Waals surface area contributed by atoms with Crippen molar-refractivity contribution in [2.75, 3.05) is 0 Å². The molecule has 0 saturated heterocycles. The molecular formula is C11H4F4O2S. The van der Waals surface area contributed by atoms with Gasteiger partial charge in [-0.15, -0.1) is 0 Å². The molecule has 0 unspecified atom stereocenters. The van der Waals surface area contributed by atoms with Crippen molar-refractivity contribution < 1.29 is 26.8 Å². The molecule has 0 aliphatic rings. The Morgan fingerprint density at radius 1 is 1.06 bits per heavy atom. The van der Waals surface area contributed by atoms with Crippen molar-refractivity contribution in [2.45, 2.75) is 9.99 Å². The van der Waals surface area contributed by atoms with Crippen molar-refractivity contribution in [3.8, 4) is 0 Å². The van der Waals surface area contributed by atoms with Crippen LogP contribution in [0.2, 0.25) is 0 Å². The van der Waals surface area contributed by atoms with E-state index in [1.165, 1.54) is 12.1 Å². The summed E-state index contributed by atoms with van der Waals surface area (Å²) in [7, 11) is 0. The third-order valence-corrected chi connectivity index (χ3v) is 2.98. The fraction of sp³-hybridized carbons (Fsp3) is 0. The highest BCUT2D eigenvalue weighted by Crippen LogP contribution is 2.34. The quantitative estimate of drug-likeness (QED) is 0.485. The third kappa shape index (κ3) is 2.26. The van der Waals surface area contributed by atoms with Gasteiger partial charge in [-0.2, -0.15) is 0 Å². The topological polar surface area (TPSA) is 30.2 Å². The third-order valence-electron chi connectivity index (χ3n) is 1.99. The summed E-state index contributed by atoms with van der Waals surface area (Å²) in [6.45, 7) is 0. The molecule has 0 aliphatic carbocycles. The summed E-state index contributed by atoms with van der Waals surface area (Å²) in [5, 5.41) is -0.0556. The maximum atomic E-state index is 13.3. The van der Waals surface area contributed by atoms with Crippen LogP contribution >= 0.6 is 11.8 Å². The SMILES string of the molecule is O=Cc1ccc(Sc2c(F)c(F)cc(F)c2F)o1. The van der Waals surface area contributed by atoms with E-state index in [0.717, 1.165) is 0 Å². The van der Waals surface area contributed by atoms with Gasteiger partial charge in [0.1, 0.15) is 0 Å². The summed E-state index contributed by atoms with van der Waals surface area (Å²) < 4.78 is 57.3. The molecule has 0 fully saturated rings. The van der Waals surface area contributed by atoms with Gasteiger partial charge in [-0.05, 0) is 23.9 Å². The molecule has 0 amide bonds. The lowest BCUT2D eigenvalue weighted by Crippen LogP contribution is -1.96. The summed E-state index contributed by atoms with van der Waals surface area (Å²) in [5.41, 5.74) is 0. The van der Waals surface area contributed by atoms with Gasteiger partial charge < -0.3 is 4.42 Å². The highest BCUT2D eigenvalue weighted by molar-refractivity contribution is 7.99. The lowest BCUT2D eigenvalue weighted by molar-refractivity contribution is 0.109. The van der Waals surface area contributed by atoms with Crippen LogP contribution in [0.15, 0.2) is 32.6 Å². The van der Waals surface area contributed by atoms with Crippen molar-refractivity contribution in [3.63, 3.8) is 0 Å². The van der Waals surface area contributed by atoms with E-state index in [2.05, 4.69) is 0 Å². The van der Waals surface area contributed by atoms with Gasteiger partial charge >= 0.3 is 0 Å². The summed E-state index contributed by atoms with van der Waals surface area (Å²) in [6, 6.07) is 2.64. The Morgan fingerprint density at radius 3 is 2.17 bits per heavy atom. The summed E-state index contributed by atoms with van der Waals surface area (Å²) in [5.74, 6) is -6.08. The zero-order valence-electron chi connectivity index (χ0n) is 8.55. The van der Waals surface area contributed by atoms with Crippen LogP contribution in [0.3, 0.4) is 0 Å². The molecule has 0 bridgehead atoms. The van der Waals surface area contributed by atoms with Gasteiger partial charge in [0, 0.05) is 6.07 Å². The van der Waals surface area contributed by atoms with E-state index >= 15 is 0 Å². The first kappa shape index (κ1) is 12.7. The van der Waals surface area contributed by atoms with Gasteiger partial charge in [-0.3, -0.25) is 4.79 Å². The van der Waals surface area contributed by atoms with Crippen LogP contribution in [0, 0.1) is 23.3 Å². The second-order valence-corrected chi connectivity index (χ2v) is 4.19. The van der Waals surface area contributed by atoms with Gasteiger partial charge in [0.05, 0.1) is 4.90 Å². The van der Waals surface area contributed by atoms with Crippen molar-refractivity contribution >= 4 is 18.0 Å². The Hall–Kier alpha value is -1.76. The number of benzene rings is 1. The van der Waals surface area contributed by atoms with Crippen molar-refractivity contribution in [2.24, 2.45) is 0 Å². The Labute approximate surface area is 103 Å². The molecule has 2 rings (SSSR count). The lowest BCUT2D eigenvalue weighted by Gasteiger charge is -2.04. The molecule has 1 heterocycles. The lowest BCUT2D eigenvalue weighted by atomic mass is 10.3. The van der Waals surface area contributed by atoms with Crippen LogP contribution in [0.25, 0.3) is 0 Å². The molecule has 0 aliphatic heterocycles. The molecule has 7 heteroatoms. The number of hydrogen-bond acceptors (Lipinski definition) is 3. The Morgan fingerprint density at radius 2 is 1.67 bits per heavy atom.